The molecule has 0 saturated carbocycles. The van der Waals surface area contributed by atoms with Gasteiger partial charge in [0.05, 0.1) is 12.1 Å². The summed E-state index contributed by atoms with van der Waals surface area (Å²) in [6.07, 6.45) is 3.58. The Kier molecular flexibility index (Phi) is 4.79. The van der Waals surface area contributed by atoms with Crippen LogP contribution in [0.4, 0.5) is 0 Å². The lowest BCUT2D eigenvalue weighted by Crippen LogP contribution is -1.93. The number of hydrogen-bond donors (Lipinski definition) is 1. The van der Waals surface area contributed by atoms with Gasteiger partial charge in [-0.3, -0.25) is 0 Å². The fourth-order valence-corrected chi connectivity index (χ4v) is 1.50. The zero-order chi connectivity index (χ0) is 12.8. The molecule has 0 radical (unpaired) electrons. The van der Waals surface area contributed by atoms with E-state index in [0.717, 1.165) is 11.1 Å². The molecule has 0 spiro atoms. The van der Waals surface area contributed by atoms with Crippen molar-refractivity contribution in [2.45, 2.75) is 6.92 Å². The van der Waals surface area contributed by atoms with Crippen LogP contribution >= 0.6 is 11.6 Å². The number of hydrogen-bond acceptors (Lipinski definition) is 3. The number of methoxy groups -OCH3 is 1. The minimum atomic E-state index is 0.269. The molecule has 1 aromatic carbocycles. The Morgan fingerprint density at radius 1 is 1.53 bits per heavy atom. The molecule has 3 nitrogen and oxygen atoms in total. The van der Waals surface area contributed by atoms with Gasteiger partial charge in [0, 0.05) is 6.21 Å². The van der Waals surface area contributed by atoms with Crippen molar-refractivity contribution in [3.8, 4) is 5.75 Å². The monoisotopic (exact) mass is 250 g/mol. The predicted octanol–water partition coefficient (Wildman–Crippen LogP) is 3.25. The summed E-state index contributed by atoms with van der Waals surface area (Å²) >= 11 is 5.96. The standard InChI is InChI=1S/C13H15ClN2O/c1-4-10(8-16-9(2)15)11-5-6-12(14)13(7-11)17-3/h4-8H,2,15H2,1,3H3/b10-4+,16-8-. The molecule has 0 aliphatic heterocycles. The molecule has 0 aliphatic carbocycles. The Hall–Kier alpha value is -1.74. The maximum Gasteiger partial charge on any atom is 0.138 e. The summed E-state index contributed by atoms with van der Waals surface area (Å²) in [6, 6.07) is 5.53. The first-order chi connectivity index (χ1) is 8.08. The number of ether oxygens (including phenoxy) is 1. The van der Waals surface area contributed by atoms with E-state index in [9.17, 15) is 0 Å². The van der Waals surface area contributed by atoms with Crippen molar-refractivity contribution in [1.29, 1.82) is 0 Å². The second-order valence-corrected chi connectivity index (χ2v) is 3.75. The number of nitrogens with two attached hydrogens (primary N) is 1. The molecular weight excluding hydrogens is 236 g/mol. The number of aliphatic imine (C=N–C) groups is 1. The number of allylic oxidation sites excluding steroid dienone is 2. The lowest BCUT2D eigenvalue weighted by atomic mass is 10.1. The molecule has 90 valence electrons. The second kappa shape index (κ2) is 6.11. The molecule has 17 heavy (non-hydrogen) atoms. The van der Waals surface area contributed by atoms with Crippen LogP contribution in [0.25, 0.3) is 5.57 Å². The first-order valence-electron chi connectivity index (χ1n) is 5.07. The molecule has 0 heterocycles. The van der Waals surface area contributed by atoms with Gasteiger partial charge in [0.1, 0.15) is 11.6 Å². The van der Waals surface area contributed by atoms with E-state index in [0.29, 0.717) is 10.8 Å². The van der Waals surface area contributed by atoms with E-state index in [4.69, 9.17) is 22.1 Å². The van der Waals surface area contributed by atoms with Crippen LogP contribution in [-0.4, -0.2) is 13.3 Å². The van der Waals surface area contributed by atoms with Crippen molar-refractivity contribution >= 4 is 23.4 Å². The first kappa shape index (κ1) is 13.3. The summed E-state index contributed by atoms with van der Waals surface area (Å²) in [6.45, 7) is 5.43. The lowest BCUT2D eigenvalue weighted by Gasteiger charge is -2.06. The number of nitrogens with zero attached hydrogens (tertiary/aromatic N) is 1. The van der Waals surface area contributed by atoms with Crippen LogP contribution in [0.1, 0.15) is 12.5 Å². The van der Waals surface area contributed by atoms with Gasteiger partial charge < -0.3 is 10.5 Å². The summed E-state index contributed by atoms with van der Waals surface area (Å²) in [7, 11) is 1.58. The van der Waals surface area contributed by atoms with E-state index in [1.54, 1.807) is 19.4 Å². The fraction of sp³-hybridized carbons (Fsp3) is 0.154. The van der Waals surface area contributed by atoms with Gasteiger partial charge in [-0.15, -0.1) is 0 Å². The molecule has 0 fully saturated rings. The van der Waals surface area contributed by atoms with Crippen molar-refractivity contribution < 1.29 is 4.74 Å². The molecule has 2 N–H and O–H groups in total. The van der Waals surface area contributed by atoms with Crippen LogP contribution < -0.4 is 10.5 Å². The molecule has 0 aromatic heterocycles. The Morgan fingerprint density at radius 2 is 2.24 bits per heavy atom. The van der Waals surface area contributed by atoms with E-state index >= 15 is 0 Å². The first-order valence-corrected chi connectivity index (χ1v) is 5.45. The maximum atomic E-state index is 5.96. The van der Waals surface area contributed by atoms with E-state index in [1.165, 1.54) is 0 Å². The highest BCUT2D eigenvalue weighted by Crippen LogP contribution is 2.27. The van der Waals surface area contributed by atoms with Crippen molar-refractivity contribution in [2.75, 3.05) is 7.11 Å². The molecule has 0 bridgehead atoms. The highest BCUT2D eigenvalue weighted by molar-refractivity contribution is 6.32. The third kappa shape index (κ3) is 3.64. The number of halogens is 1. The quantitative estimate of drug-likeness (QED) is 0.834. The van der Waals surface area contributed by atoms with E-state index < -0.39 is 0 Å². The van der Waals surface area contributed by atoms with Crippen molar-refractivity contribution in [3.05, 3.63) is 47.3 Å². The van der Waals surface area contributed by atoms with Gasteiger partial charge in [-0.1, -0.05) is 30.3 Å². The van der Waals surface area contributed by atoms with Gasteiger partial charge in [-0.2, -0.15) is 0 Å². The predicted molar refractivity (Wildman–Crippen MR) is 73.5 cm³/mol. The summed E-state index contributed by atoms with van der Waals surface area (Å²) in [5, 5.41) is 0.576. The van der Waals surface area contributed by atoms with Crippen molar-refractivity contribution in [1.82, 2.24) is 0 Å². The highest BCUT2D eigenvalue weighted by Gasteiger charge is 2.04. The van der Waals surface area contributed by atoms with Crippen LogP contribution in [0.3, 0.4) is 0 Å². The Labute approximate surface area is 106 Å². The van der Waals surface area contributed by atoms with Gasteiger partial charge in [0.2, 0.25) is 0 Å². The summed E-state index contributed by atoms with van der Waals surface area (Å²) in [4.78, 5) is 3.97. The van der Waals surface area contributed by atoms with E-state index in [1.807, 2.05) is 25.1 Å². The van der Waals surface area contributed by atoms with Crippen molar-refractivity contribution in [3.63, 3.8) is 0 Å². The Morgan fingerprint density at radius 3 is 2.76 bits per heavy atom. The zero-order valence-electron chi connectivity index (χ0n) is 9.90. The maximum absolute atomic E-state index is 5.96. The van der Waals surface area contributed by atoms with Crippen LogP contribution in [0.2, 0.25) is 5.02 Å². The molecule has 1 rings (SSSR count). The van der Waals surface area contributed by atoms with Gasteiger partial charge in [-0.25, -0.2) is 4.99 Å². The van der Waals surface area contributed by atoms with E-state index in [2.05, 4.69) is 11.6 Å². The third-order valence-electron chi connectivity index (χ3n) is 2.16. The van der Waals surface area contributed by atoms with Crippen molar-refractivity contribution in [2.24, 2.45) is 10.7 Å². The van der Waals surface area contributed by atoms with Gasteiger partial charge in [-0.05, 0) is 30.2 Å². The molecular formula is C13H15ClN2O. The smallest absolute Gasteiger partial charge is 0.138 e. The molecule has 0 unspecified atom stereocenters. The zero-order valence-corrected chi connectivity index (χ0v) is 10.7. The Bertz CT molecular complexity index is 478. The number of benzene rings is 1. The third-order valence-corrected chi connectivity index (χ3v) is 2.48. The molecule has 0 saturated heterocycles. The van der Waals surface area contributed by atoms with Crippen LogP contribution in [-0.2, 0) is 0 Å². The van der Waals surface area contributed by atoms with Crippen LogP contribution in [0, 0.1) is 0 Å². The number of rotatable bonds is 4. The fourth-order valence-electron chi connectivity index (χ4n) is 1.31. The summed E-state index contributed by atoms with van der Waals surface area (Å²) < 4.78 is 5.16. The minimum Gasteiger partial charge on any atom is -0.495 e. The van der Waals surface area contributed by atoms with Gasteiger partial charge >= 0.3 is 0 Å². The lowest BCUT2D eigenvalue weighted by molar-refractivity contribution is 0.415. The molecule has 0 amide bonds. The summed E-state index contributed by atoms with van der Waals surface area (Å²) in [5.41, 5.74) is 7.27. The summed E-state index contributed by atoms with van der Waals surface area (Å²) in [5.74, 6) is 0.897. The van der Waals surface area contributed by atoms with E-state index in [-0.39, 0.29) is 5.82 Å². The second-order valence-electron chi connectivity index (χ2n) is 3.34. The largest absolute Gasteiger partial charge is 0.495 e. The average Bonchev–Trinajstić information content (AvgIpc) is 2.31. The van der Waals surface area contributed by atoms with Gasteiger partial charge in [0.15, 0.2) is 0 Å². The average molecular weight is 251 g/mol. The Balaban J connectivity index is 3.09. The van der Waals surface area contributed by atoms with Crippen LogP contribution in [0.15, 0.2) is 41.7 Å². The van der Waals surface area contributed by atoms with Crippen LogP contribution in [0.5, 0.6) is 5.75 Å². The normalized spacial score (nSPS) is 11.8. The highest BCUT2D eigenvalue weighted by atomic mass is 35.5. The SMILES string of the molecule is C=C(N)/N=C\C(=C/C)c1ccc(Cl)c(OC)c1. The molecule has 1 aromatic rings. The molecule has 0 aliphatic rings. The molecule has 0 atom stereocenters. The molecule has 4 heteroatoms. The minimum absolute atomic E-state index is 0.269. The van der Waals surface area contributed by atoms with Gasteiger partial charge in [0.25, 0.3) is 0 Å². The topological polar surface area (TPSA) is 47.6 Å².